The maximum Gasteiger partial charge on any atom is 0.214 e. The largest absolute Gasteiger partial charge is 0.379 e. The zero-order chi connectivity index (χ0) is 16.4. The number of hydrogen-bond acceptors (Lipinski definition) is 6. The van der Waals surface area contributed by atoms with Gasteiger partial charge in [-0.3, -0.25) is 4.98 Å². The van der Waals surface area contributed by atoms with Crippen molar-refractivity contribution in [3.63, 3.8) is 0 Å². The fourth-order valence-corrected chi connectivity index (χ4v) is 3.73. The molecule has 1 aromatic heterocycles. The van der Waals surface area contributed by atoms with Gasteiger partial charge in [0.05, 0.1) is 42.2 Å². The van der Waals surface area contributed by atoms with Gasteiger partial charge in [0, 0.05) is 20.0 Å². The summed E-state index contributed by atoms with van der Waals surface area (Å²) in [5, 5.41) is 3.26. The van der Waals surface area contributed by atoms with E-state index in [1.165, 1.54) is 4.31 Å². The summed E-state index contributed by atoms with van der Waals surface area (Å²) in [6, 6.07) is 7.52. The van der Waals surface area contributed by atoms with Crippen LogP contribution in [-0.4, -0.2) is 61.8 Å². The predicted octanol–water partition coefficient (Wildman–Crippen LogP) is 0.948. The molecule has 124 valence electrons. The van der Waals surface area contributed by atoms with Crippen molar-refractivity contribution in [3.8, 4) is 0 Å². The molecule has 1 aliphatic heterocycles. The first-order valence-electron chi connectivity index (χ1n) is 7.42. The highest BCUT2D eigenvalue weighted by atomic mass is 32.2. The summed E-state index contributed by atoms with van der Waals surface area (Å²) in [6.07, 6.45) is 1.66. The van der Waals surface area contributed by atoms with Crippen molar-refractivity contribution in [1.82, 2.24) is 14.3 Å². The SMILES string of the molecule is CN(C)S(=O)(=O)C[C@@H]1COC[C@H]1Nc1cnc2ccccc2n1. The van der Waals surface area contributed by atoms with Crippen LogP contribution in [0.5, 0.6) is 0 Å². The maximum absolute atomic E-state index is 12.1. The van der Waals surface area contributed by atoms with Crippen molar-refractivity contribution in [2.75, 3.05) is 38.4 Å². The second-order valence-electron chi connectivity index (χ2n) is 5.85. The molecule has 0 radical (unpaired) electrons. The topological polar surface area (TPSA) is 84.4 Å². The molecule has 3 rings (SSSR count). The lowest BCUT2D eigenvalue weighted by molar-refractivity contribution is 0.187. The molecule has 0 spiro atoms. The third-order valence-corrected chi connectivity index (χ3v) is 5.92. The number of aromatic nitrogens is 2. The molecule has 0 saturated carbocycles. The van der Waals surface area contributed by atoms with Crippen molar-refractivity contribution < 1.29 is 13.2 Å². The molecular formula is C15H20N4O3S. The summed E-state index contributed by atoms with van der Waals surface area (Å²) >= 11 is 0. The van der Waals surface area contributed by atoms with Gasteiger partial charge in [0.15, 0.2) is 0 Å². The van der Waals surface area contributed by atoms with E-state index in [-0.39, 0.29) is 17.7 Å². The summed E-state index contributed by atoms with van der Waals surface area (Å²) in [6.45, 7) is 0.883. The number of nitrogens with zero attached hydrogens (tertiary/aromatic N) is 3. The highest BCUT2D eigenvalue weighted by molar-refractivity contribution is 7.89. The number of ether oxygens (including phenoxy) is 1. The van der Waals surface area contributed by atoms with E-state index in [0.29, 0.717) is 19.0 Å². The van der Waals surface area contributed by atoms with E-state index in [1.54, 1.807) is 20.3 Å². The Hall–Kier alpha value is -1.77. The van der Waals surface area contributed by atoms with Gasteiger partial charge in [-0.05, 0) is 12.1 Å². The molecule has 0 amide bonds. The van der Waals surface area contributed by atoms with Gasteiger partial charge in [0.2, 0.25) is 10.0 Å². The van der Waals surface area contributed by atoms with E-state index in [2.05, 4.69) is 15.3 Å². The van der Waals surface area contributed by atoms with Crippen LogP contribution in [0.15, 0.2) is 30.5 Å². The molecule has 23 heavy (non-hydrogen) atoms. The van der Waals surface area contributed by atoms with Crippen LogP contribution in [0.4, 0.5) is 5.82 Å². The molecule has 1 fully saturated rings. The van der Waals surface area contributed by atoms with Gasteiger partial charge >= 0.3 is 0 Å². The highest BCUT2D eigenvalue weighted by Crippen LogP contribution is 2.21. The van der Waals surface area contributed by atoms with Crippen molar-refractivity contribution in [1.29, 1.82) is 0 Å². The molecule has 1 aliphatic rings. The molecular weight excluding hydrogens is 316 g/mol. The first kappa shape index (κ1) is 16.1. The summed E-state index contributed by atoms with van der Waals surface area (Å²) in [7, 11) is -0.176. The summed E-state index contributed by atoms with van der Waals surface area (Å²) in [5.41, 5.74) is 1.63. The van der Waals surface area contributed by atoms with E-state index in [0.717, 1.165) is 11.0 Å². The van der Waals surface area contributed by atoms with E-state index in [4.69, 9.17) is 4.74 Å². The van der Waals surface area contributed by atoms with Crippen LogP contribution >= 0.6 is 0 Å². The molecule has 2 heterocycles. The zero-order valence-corrected chi connectivity index (χ0v) is 14.0. The number of benzene rings is 1. The minimum absolute atomic E-state index is 0.0542. The van der Waals surface area contributed by atoms with Crippen LogP contribution in [0.3, 0.4) is 0 Å². The predicted molar refractivity (Wildman–Crippen MR) is 88.7 cm³/mol. The lowest BCUT2D eigenvalue weighted by Crippen LogP contribution is -2.37. The minimum Gasteiger partial charge on any atom is -0.379 e. The second-order valence-corrected chi connectivity index (χ2v) is 8.08. The Morgan fingerprint density at radius 1 is 1.26 bits per heavy atom. The smallest absolute Gasteiger partial charge is 0.214 e. The molecule has 2 atom stereocenters. The third-order valence-electron chi connectivity index (χ3n) is 3.96. The van der Waals surface area contributed by atoms with Crippen LogP contribution in [0.2, 0.25) is 0 Å². The molecule has 1 saturated heterocycles. The van der Waals surface area contributed by atoms with Crippen molar-refractivity contribution in [3.05, 3.63) is 30.5 Å². The lowest BCUT2D eigenvalue weighted by atomic mass is 10.1. The molecule has 7 nitrogen and oxygen atoms in total. The summed E-state index contributed by atoms with van der Waals surface area (Å²) in [4.78, 5) is 8.87. The summed E-state index contributed by atoms with van der Waals surface area (Å²) in [5.74, 6) is 0.570. The number of rotatable bonds is 5. The Kier molecular flexibility index (Phi) is 4.47. The van der Waals surface area contributed by atoms with Gasteiger partial charge in [-0.2, -0.15) is 0 Å². The molecule has 1 aromatic carbocycles. The first-order valence-corrected chi connectivity index (χ1v) is 9.03. The van der Waals surface area contributed by atoms with E-state index in [9.17, 15) is 8.42 Å². The Balaban J connectivity index is 1.75. The Morgan fingerprint density at radius 2 is 2.00 bits per heavy atom. The van der Waals surface area contributed by atoms with Gasteiger partial charge in [-0.15, -0.1) is 0 Å². The van der Waals surface area contributed by atoms with Crippen LogP contribution in [0.1, 0.15) is 0 Å². The number of nitrogens with one attached hydrogen (secondary N) is 1. The van der Waals surface area contributed by atoms with Gasteiger partial charge < -0.3 is 10.1 Å². The van der Waals surface area contributed by atoms with Crippen LogP contribution in [-0.2, 0) is 14.8 Å². The lowest BCUT2D eigenvalue weighted by Gasteiger charge is -2.21. The zero-order valence-electron chi connectivity index (χ0n) is 13.1. The molecule has 8 heteroatoms. The maximum atomic E-state index is 12.1. The third kappa shape index (κ3) is 3.60. The van der Waals surface area contributed by atoms with E-state index in [1.807, 2.05) is 24.3 Å². The quantitative estimate of drug-likeness (QED) is 0.875. The highest BCUT2D eigenvalue weighted by Gasteiger charge is 2.33. The van der Waals surface area contributed by atoms with E-state index >= 15 is 0 Å². The second kappa shape index (κ2) is 6.38. The van der Waals surface area contributed by atoms with E-state index < -0.39 is 10.0 Å². The Labute approximate surface area is 135 Å². The molecule has 2 aromatic rings. The number of sulfonamides is 1. The Morgan fingerprint density at radius 3 is 2.74 bits per heavy atom. The fraction of sp³-hybridized carbons (Fsp3) is 0.467. The molecule has 1 N–H and O–H groups in total. The average Bonchev–Trinajstić information content (AvgIpc) is 2.93. The van der Waals surface area contributed by atoms with Crippen LogP contribution in [0.25, 0.3) is 11.0 Å². The fourth-order valence-electron chi connectivity index (χ4n) is 2.56. The van der Waals surface area contributed by atoms with Crippen molar-refractivity contribution >= 4 is 26.9 Å². The molecule has 0 bridgehead atoms. The normalized spacial score (nSPS) is 21.9. The number of para-hydroxylation sites is 2. The number of hydrogen-bond donors (Lipinski definition) is 1. The van der Waals surface area contributed by atoms with Crippen LogP contribution in [0, 0.1) is 5.92 Å². The first-order chi connectivity index (χ1) is 11.0. The number of anilines is 1. The van der Waals surface area contributed by atoms with Crippen LogP contribution < -0.4 is 5.32 Å². The van der Waals surface area contributed by atoms with Crippen molar-refractivity contribution in [2.45, 2.75) is 6.04 Å². The van der Waals surface area contributed by atoms with Crippen molar-refractivity contribution in [2.24, 2.45) is 5.92 Å². The number of fused-ring (bicyclic) bond motifs is 1. The average molecular weight is 336 g/mol. The Bertz CT molecular complexity index is 794. The van der Waals surface area contributed by atoms with Gasteiger partial charge in [-0.1, -0.05) is 12.1 Å². The minimum atomic E-state index is -3.26. The molecule has 0 aliphatic carbocycles. The summed E-state index contributed by atoms with van der Waals surface area (Å²) < 4.78 is 30.9. The molecule has 0 unspecified atom stereocenters. The van der Waals surface area contributed by atoms with Gasteiger partial charge in [0.25, 0.3) is 0 Å². The van der Waals surface area contributed by atoms with Gasteiger partial charge in [-0.25, -0.2) is 17.7 Å². The monoisotopic (exact) mass is 336 g/mol. The van der Waals surface area contributed by atoms with Gasteiger partial charge in [0.1, 0.15) is 5.82 Å². The standard InChI is InChI=1S/C15H20N4O3S/c1-19(2)23(20,21)10-11-8-22-9-14(11)18-15-7-16-12-5-3-4-6-13(12)17-15/h3-7,11,14H,8-10H2,1-2H3,(H,17,18)/t11-,14+/m0/s1.